The normalized spacial score (nSPS) is 12.9. The Morgan fingerprint density at radius 2 is 2.31 bits per heavy atom. The smallest absolute Gasteiger partial charge is 0.125 e. The first-order valence-electron chi connectivity index (χ1n) is 5.24. The average molecular weight is 220 g/mol. The maximum atomic E-state index is 9.97. The van der Waals surface area contributed by atoms with Gasteiger partial charge in [0.1, 0.15) is 5.75 Å². The van der Waals surface area contributed by atoms with Gasteiger partial charge in [-0.2, -0.15) is 0 Å². The maximum Gasteiger partial charge on any atom is 0.125 e. The first-order chi connectivity index (χ1) is 7.76. The van der Waals surface area contributed by atoms with Crippen LogP contribution >= 0.6 is 0 Å². The number of methoxy groups -OCH3 is 1. The molecule has 0 bridgehead atoms. The van der Waals surface area contributed by atoms with Crippen LogP contribution in [0.3, 0.4) is 0 Å². The number of hydrogen-bond acceptors (Lipinski definition) is 3. The molecule has 1 aromatic heterocycles. The van der Waals surface area contributed by atoms with Crippen molar-refractivity contribution in [1.82, 2.24) is 10.3 Å². The van der Waals surface area contributed by atoms with Crippen LogP contribution in [0.1, 0.15) is 11.7 Å². The molecule has 16 heavy (non-hydrogen) atoms. The molecule has 4 heteroatoms. The summed E-state index contributed by atoms with van der Waals surface area (Å²) in [6.07, 6.45) is 1.31. The highest BCUT2D eigenvalue weighted by Gasteiger charge is 2.13. The Kier molecular flexibility index (Phi) is 3.12. The van der Waals surface area contributed by atoms with Gasteiger partial charge in [-0.05, 0) is 25.2 Å². The summed E-state index contributed by atoms with van der Waals surface area (Å²) in [6.45, 7) is 0.503. The molecule has 0 aliphatic rings. The molecule has 86 valence electrons. The lowest BCUT2D eigenvalue weighted by Gasteiger charge is -2.14. The predicted molar refractivity (Wildman–Crippen MR) is 63.7 cm³/mol. The summed E-state index contributed by atoms with van der Waals surface area (Å²) in [5.74, 6) is 0.717. The van der Waals surface area contributed by atoms with Gasteiger partial charge in [0.05, 0.1) is 13.2 Å². The van der Waals surface area contributed by atoms with Crippen LogP contribution in [0.5, 0.6) is 5.75 Å². The second-order valence-electron chi connectivity index (χ2n) is 3.73. The third-order valence-corrected chi connectivity index (χ3v) is 2.66. The molecular weight excluding hydrogens is 204 g/mol. The van der Waals surface area contributed by atoms with Crippen molar-refractivity contribution >= 4 is 10.9 Å². The molecule has 2 rings (SSSR count). The number of fused-ring (bicyclic) bond motifs is 1. The summed E-state index contributed by atoms with van der Waals surface area (Å²) in [4.78, 5) is 3.12. The second-order valence-corrected chi connectivity index (χ2v) is 3.73. The van der Waals surface area contributed by atoms with Crippen LogP contribution in [0.4, 0.5) is 0 Å². The first-order valence-corrected chi connectivity index (χ1v) is 5.24. The van der Waals surface area contributed by atoms with E-state index in [1.54, 1.807) is 7.11 Å². The van der Waals surface area contributed by atoms with Crippen molar-refractivity contribution < 1.29 is 9.84 Å². The van der Waals surface area contributed by atoms with Gasteiger partial charge in [-0.1, -0.05) is 0 Å². The maximum absolute atomic E-state index is 9.97. The van der Waals surface area contributed by atoms with E-state index in [1.165, 1.54) is 0 Å². The zero-order valence-corrected chi connectivity index (χ0v) is 9.45. The number of aliphatic hydroxyl groups excluding tert-OH is 1. The minimum atomic E-state index is -0.562. The molecule has 2 aromatic rings. The zero-order chi connectivity index (χ0) is 11.5. The number of hydrogen-bond donors (Lipinski definition) is 3. The zero-order valence-electron chi connectivity index (χ0n) is 9.45. The largest absolute Gasteiger partial charge is 0.496 e. The lowest BCUT2D eigenvalue weighted by molar-refractivity contribution is 0.173. The molecule has 1 heterocycles. The van der Waals surface area contributed by atoms with E-state index < -0.39 is 6.10 Å². The highest BCUT2D eigenvalue weighted by atomic mass is 16.5. The number of rotatable bonds is 4. The highest BCUT2D eigenvalue weighted by Crippen LogP contribution is 2.29. The van der Waals surface area contributed by atoms with Gasteiger partial charge in [-0.25, -0.2) is 0 Å². The number of ether oxygens (including phenoxy) is 1. The molecule has 0 fully saturated rings. The molecule has 1 aromatic carbocycles. The summed E-state index contributed by atoms with van der Waals surface area (Å²) in [5, 5.41) is 14.0. The van der Waals surface area contributed by atoms with E-state index >= 15 is 0 Å². The molecule has 0 spiro atoms. The highest BCUT2D eigenvalue weighted by molar-refractivity contribution is 5.82. The Morgan fingerprint density at radius 1 is 1.50 bits per heavy atom. The fourth-order valence-corrected chi connectivity index (χ4v) is 1.84. The van der Waals surface area contributed by atoms with Crippen LogP contribution in [0.2, 0.25) is 0 Å². The summed E-state index contributed by atoms with van der Waals surface area (Å²) in [6, 6.07) is 5.84. The summed E-state index contributed by atoms with van der Waals surface area (Å²) < 4.78 is 5.29. The van der Waals surface area contributed by atoms with Crippen LogP contribution in [0, 0.1) is 0 Å². The van der Waals surface area contributed by atoms with Gasteiger partial charge < -0.3 is 20.1 Å². The van der Waals surface area contributed by atoms with Gasteiger partial charge >= 0.3 is 0 Å². The molecule has 0 radical (unpaired) electrons. The van der Waals surface area contributed by atoms with Gasteiger partial charge in [0.15, 0.2) is 0 Å². The first kappa shape index (κ1) is 11.0. The fraction of sp³-hybridized carbons (Fsp3) is 0.333. The van der Waals surface area contributed by atoms with Gasteiger partial charge in [-0.15, -0.1) is 0 Å². The minimum Gasteiger partial charge on any atom is -0.496 e. The number of aromatic nitrogens is 1. The molecule has 1 unspecified atom stereocenters. The number of benzene rings is 1. The van der Waals surface area contributed by atoms with Crippen molar-refractivity contribution in [3.05, 3.63) is 30.0 Å². The third kappa shape index (κ3) is 1.89. The number of likely N-dealkylation sites (N-methyl/N-ethyl adjacent to an activating group) is 1. The second kappa shape index (κ2) is 4.55. The van der Waals surface area contributed by atoms with E-state index in [0.29, 0.717) is 6.54 Å². The number of aromatic amines is 1. The van der Waals surface area contributed by atoms with E-state index in [0.717, 1.165) is 22.2 Å². The lowest BCUT2D eigenvalue weighted by Crippen LogP contribution is -2.17. The van der Waals surface area contributed by atoms with Crippen molar-refractivity contribution in [3.63, 3.8) is 0 Å². The Hall–Kier alpha value is -1.52. The van der Waals surface area contributed by atoms with E-state index in [9.17, 15) is 5.11 Å². The van der Waals surface area contributed by atoms with Crippen LogP contribution in [0.25, 0.3) is 10.9 Å². The summed E-state index contributed by atoms with van der Waals surface area (Å²) in [7, 11) is 3.42. The van der Waals surface area contributed by atoms with E-state index in [4.69, 9.17) is 4.74 Å². The third-order valence-electron chi connectivity index (χ3n) is 2.66. The number of nitrogens with one attached hydrogen (secondary N) is 2. The predicted octanol–water partition coefficient (Wildman–Crippen LogP) is 1.43. The minimum absolute atomic E-state index is 0.503. The Labute approximate surface area is 94.2 Å². The van der Waals surface area contributed by atoms with Crippen LogP contribution in [0.15, 0.2) is 24.4 Å². The van der Waals surface area contributed by atoms with Crippen molar-refractivity contribution in [2.45, 2.75) is 6.10 Å². The Morgan fingerprint density at radius 3 is 3.00 bits per heavy atom. The van der Waals surface area contributed by atoms with Gasteiger partial charge in [0.25, 0.3) is 0 Å². The molecule has 4 nitrogen and oxygen atoms in total. The summed E-state index contributed by atoms with van der Waals surface area (Å²) in [5.41, 5.74) is 1.80. The monoisotopic (exact) mass is 220 g/mol. The van der Waals surface area contributed by atoms with Crippen molar-refractivity contribution in [2.75, 3.05) is 20.7 Å². The lowest BCUT2D eigenvalue weighted by atomic mass is 10.1. The molecule has 0 aliphatic carbocycles. The fourth-order valence-electron chi connectivity index (χ4n) is 1.84. The van der Waals surface area contributed by atoms with Crippen LogP contribution in [-0.4, -0.2) is 30.8 Å². The molecule has 0 saturated carbocycles. The number of aliphatic hydroxyl groups is 1. The van der Waals surface area contributed by atoms with Crippen LogP contribution < -0.4 is 10.1 Å². The van der Waals surface area contributed by atoms with Gasteiger partial charge in [-0.3, -0.25) is 0 Å². The van der Waals surface area contributed by atoms with E-state index in [-0.39, 0.29) is 0 Å². The Bertz CT molecular complexity index is 479. The molecule has 1 atom stereocenters. The van der Waals surface area contributed by atoms with Crippen molar-refractivity contribution in [2.24, 2.45) is 0 Å². The average Bonchev–Trinajstić information content (AvgIpc) is 2.74. The van der Waals surface area contributed by atoms with Crippen molar-refractivity contribution in [3.8, 4) is 5.75 Å². The van der Waals surface area contributed by atoms with Crippen LogP contribution in [-0.2, 0) is 0 Å². The quantitative estimate of drug-likeness (QED) is 0.730. The van der Waals surface area contributed by atoms with Gasteiger partial charge in [0, 0.05) is 29.2 Å². The number of H-pyrrole nitrogens is 1. The topological polar surface area (TPSA) is 57.3 Å². The molecule has 0 aliphatic heterocycles. The molecular formula is C12H16N2O2. The van der Waals surface area contributed by atoms with E-state index in [2.05, 4.69) is 10.3 Å². The standard InChI is InChI=1S/C12H16N2O2/c1-13-7-11(15)9-6-10-8(3-4-14-10)5-12(9)16-2/h3-6,11,13-15H,7H2,1-2H3. The summed E-state index contributed by atoms with van der Waals surface area (Å²) >= 11 is 0. The molecule has 3 N–H and O–H groups in total. The van der Waals surface area contributed by atoms with Gasteiger partial charge in [0.2, 0.25) is 0 Å². The van der Waals surface area contributed by atoms with Crippen molar-refractivity contribution in [1.29, 1.82) is 0 Å². The molecule has 0 amide bonds. The Balaban J connectivity index is 2.48. The van der Waals surface area contributed by atoms with E-state index in [1.807, 2.05) is 31.4 Å². The SMILES string of the molecule is CNCC(O)c1cc2[nH]ccc2cc1OC. The molecule has 0 saturated heterocycles.